The molecule has 0 bridgehead atoms. The van der Waals surface area contributed by atoms with Crippen molar-refractivity contribution in [2.75, 3.05) is 11.9 Å². The van der Waals surface area contributed by atoms with Crippen LogP contribution in [0, 0.1) is 16.7 Å². The molecular weight excluding hydrogens is 362 g/mol. The average molecular weight is 406 g/mol. The van der Waals surface area contributed by atoms with Gasteiger partial charge in [0.05, 0.1) is 0 Å². The van der Waals surface area contributed by atoms with Gasteiger partial charge in [0, 0.05) is 24.7 Å². The summed E-state index contributed by atoms with van der Waals surface area (Å²) in [5, 5.41) is 12.4. The van der Waals surface area contributed by atoms with Crippen LogP contribution in [0.15, 0.2) is 24.3 Å². The third kappa shape index (κ3) is 9.18. The molecule has 0 aliphatic heterocycles. The van der Waals surface area contributed by atoms with E-state index in [2.05, 4.69) is 85.0 Å². The topological polar surface area (TPSA) is 87.4 Å². The van der Waals surface area contributed by atoms with Crippen LogP contribution in [0.5, 0.6) is 0 Å². The summed E-state index contributed by atoms with van der Waals surface area (Å²) in [6.07, 6.45) is 2.13. The molecule has 1 aromatic carbocycles. The highest BCUT2D eigenvalue weighted by Crippen LogP contribution is 2.40. The number of rotatable bonds is 10. The molecule has 0 radical (unpaired) electrons. The standard InChI is InChI=1S/C24H43N3O2/c1-17(25)18(13-23(5,6)16-24(7,8)14-21(28)27-29)15-26-20-11-9-19(10-12-20)22(2,3)4/h9-12,17-18,26,29H,13-16,25H2,1-8H3,(H,27,28). The molecule has 0 aliphatic carbocycles. The van der Waals surface area contributed by atoms with Crippen molar-refractivity contribution >= 4 is 11.6 Å². The van der Waals surface area contributed by atoms with Crippen molar-refractivity contribution in [1.82, 2.24) is 5.48 Å². The Morgan fingerprint density at radius 2 is 1.59 bits per heavy atom. The second-order valence-electron chi connectivity index (χ2n) is 11.2. The second-order valence-corrected chi connectivity index (χ2v) is 11.2. The molecule has 2 unspecified atom stereocenters. The molecule has 1 rings (SSSR count). The summed E-state index contributed by atoms with van der Waals surface area (Å²) in [7, 11) is 0. The summed E-state index contributed by atoms with van der Waals surface area (Å²) in [6, 6.07) is 8.71. The predicted molar refractivity (Wildman–Crippen MR) is 122 cm³/mol. The number of hydrogen-bond donors (Lipinski definition) is 4. The van der Waals surface area contributed by atoms with Crippen molar-refractivity contribution in [2.45, 2.75) is 86.1 Å². The molecular formula is C24H43N3O2. The zero-order valence-corrected chi connectivity index (χ0v) is 19.7. The molecule has 1 aromatic rings. The maximum Gasteiger partial charge on any atom is 0.243 e. The lowest BCUT2D eigenvalue weighted by atomic mass is 9.69. The van der Waals surface area contributed by atoms with Gasteiger partial charge in [0.1, 0.15) is 0 Å². The van der Waals surface area contributed by atoms with Crippen molar-refractivity contribution in [3.05, 3.63) is 29.8 Å². The first kappa shape index (κ1) is 25.4. The van der Waals surface area contributed by atoms with E-state index in [1.807, 2.05) is 0 Å². The molecule has 5 nitrogen and oxygen atoms in total. The van der Waals surface area contributed by atoms with E-state index in [1.165, 1.54) is 5.56 Å². The smallest absolute Gasteiger partial charge is 0.243 e. The van der Waals surface area contributed by atoms with Crippen molar-refractivity contribution in [1.29, 1.82) is 0 Å². The zero-order valence-electron chi connectivity index (χ0n) is 19.7. The summed E-state index contributed by atoms with van der Waals surface area (Å²) in [6.45, 7) is 18.1. The Kier molecular flexibility index (Phi) is 8.73. The first-order valence-corrected chi connectivity index (χ1v) is 10.7. The molecule has 0 saturated carbocycles. The molecule has 2 atom stereocenters. The predicted octanol–water partition coefficient (Wildman–Crippen LogP) is 5.09. The molecule has 0 saturated heterocycles. The van der Waals surface area contributed by atoms with E-state index in [4.69, 9.17) is 10.9 Å². The summed E-state index contributed by atoms with van der Waals surface area (Å²) in [4.78, 5) is 11.6. The Balaban J connectivity index is 2.73. The normalized spacial score (nSPS) is 15.0. The summed E-state index contributed by atoms with van der Waals surface area (Å²) >= 11 is 0. The van der Waals surface area contributed by atoms with E-state index in [0.29, 0.717) is 12.3 Å². The quantitative estimate of drug-likeness (QED) is 0.323. The number of amides is 1. The second kappa shape index (κ2) is 9.94. The monoisotopic (exact) mass is 405 g/mol. The molecule has 0 aliphatic rings. The van der Waals surface area contributed by atoms with Crippen LogP contribution in [-0.2, 0) is 10.2 Å². The Bertz CT molecular complexity index is 643. The fourth-order valence-corrected chi connectivity index (χ4v) is 4.40. The number of nitrogens with two attached hydrogens (primary N) is 1. The largest absolute Gasteiger partial charge is 0.385 e. The number of hydrogen-bond acceptors (Lipinski definition) is 4. The minimum absolute atomic E-state index is 0.0231. The van der Waals surface area contributed by atoms with Gasteiger partial charge in [-0.05, 0) is 59.6 Å². The average Bonchev–Trinajstić information content (AvgIpc) is 2.56. The summed E-state index contributed by atoms with van der Waals surface area (Å²) in [5.41, 5.74) is 10.5. The number of nitrogens with one attached hydrogen (secondary N) is 2. The van der Waals surface area contributed by atoms with Gasteiger partial charge in [0.15, 0.2) is 0 Å². The summed E-state index contributed by atoms with van der Waals surface area (Å²) in [5.74, 6) is -0.0234. The van der Waals surface area contributed by atoms with Gasteiger partial charge in [-0.2, -0.15) is 0 Å². The maximum absolute atomic E-state index is 11.6. The van der Waals surface area contributed by atoms with Crippen LogP contribution >= 0.6 is 0 Å². The molecule has 0 spiro atoms. The lowest BCUT2D eigenvalue weighted by Crippen LogP contribution is -2.37. The maximum atomic E-state index is 11.6. The van der Waals surface area contributed by atoms with Crippen LogP contribution in [0.3, 0.4) is 0 Å². The molecule has 0 heterocycles. The molecule has 5 N–H and O–H groups in total. The summed E-state index contributed by atoms with van der Waals surface area (Å²) < 4.78 is 0. The first-order chi connectivity index (χ1) is 13.1. The van der Waals surface area contributed by atoms with Gasteiger partial charge >= 0.3 is 0 Å². The van der Waals surface area contributed by atoms with Crippen LogP contribution < -0.4 is 16.5 Å². The highest BCUT2D eigenvalue weighted by Gasteiger charge is 2.33. The molecule has 1 amide bonds. The van der Waals surface area contributed by atoms with Gasteiger partial charge < -0.3 is 11.1 Å². The van der Waals surface area contributed by atoms with Crippen LogP contribution in [0.4, 0.5) is 5.69 Å². The van der Waals surface area contributed by atoms with Gasteiger partial charge in [0.25, 0.3) is 0 Å². The van der Waals surface area contributed by atoms with Gasteiger partial charge in [-0.15, -0.1) is 0 Å². The van der Waals surface area contributed by atoms with E-state index < -0.39 is 0 Å². The zero-order chi connectivity index (χ0) is 22.5. The molecule has 0 fully saturated rings. The highest BCUT2D eigenvalue weighted by atomic mass is 16.5. The number of anilines is 1. The fraction of sp³-hybridized carbons (Fsp3) is 0.708. The van der Waals surface area contributed by atoms with E-state index in [9.17, 15) is 4.79 Å². The minimum atomic E-state index is -0.338. The van der Waals surface area contributed by atoms with Crippen LogP contribution in [0.1, 0.15) is 80.2 Å². The SMILES string of the molecule is CC(N)C(CNc1ccc(C(C)(C)C)cc1)CC(C)(C)CC(C)(C)CC(=O)NO. The number of carbonyl (C=O) groups is 1. The van der Waals surface area contributed by atoms with E-state index in [1.54, 1.807) is 5.48 Å². The van der Waals surface area contributed by atoms with E-state index in [0.717, 1.165) is 25.1 Å². The highest BCUT2D eigenvalue weighted by molar-refractivity contribution is 5.75. The van der Waals surface area contributed by atoms with E-state index in [-0.39, 0.29) is 28.2 Å². The lowest BCUT2D eigenvalue weighted by molar-refractivity contribution is -0.131. The number of carbonyl (C=O) groups excluding carboxylic acids is 1. The van der Waals surface area contributed by atoms with Gasteiger partial charge in [-0.25, -0.2) is 5.48 Å². The van der Waals surface area contributed by atoms with Crippen LogP contribution in [0.25, 0.3) is 0 Å². The van der Waals surface area contributed by atoms with Crippen LogP contribution in [0.2, 0.25) is 0 Å². The van der Waals surface area contributed by atoms with Gasteiger partial charge in [0.2, 0.25) is 5.91 Å². The Hall–Kier alpha value is -1.59. The third-order valence-corrected chi connectivity index (χ3v) is 5.60. The number of benzene rings is 1. The third-order valence-electron chi connectivity index (χ3n) is 5.60. The Morgan fingerprint density at radius 1 is 1.03 bits per heavy atom. The van der Waals surface area contributed by atoms with Crippen molar-refractivity contribution in [3.8, 4) is 0 Å². The van der Waals surface area contributed by atoms with Crippen molar-refractivity contribution in [2.24, 2.45) is 22.5 Å². The molecule has 29 heavy (non-hydrogen) atoms. The molecule has 166 valence electrons. The van der Waals surface area contributed by atoms with Crippen molar-refractivity contribution in [3.63, 3.8) is 0 Å². The van der Waals surface area contributed by atoms with Gasteiger partial charge in [-0.3, -0.25) is 10.0 Å². The van der Waals surface area contributed by atoms with E-state index >= 15 is 0 Å². The fourth-order valence-electron chi connectivity index (χ4n) is 4.40. The Labute approximate surface area is 177 Å². The van der Waals surface area contributed by atoms with Crippen LogP contribution in [-0.4, -0.2) is 23.7 Å². The lowest BCUT2D eigenvalue weighted by Gasteiger charge is -2.38. The Morgan fingerprint density at radius 3 is 2.03 bits per heavy atom. The molecule has 5 heteroatoms. The van der Waals surface area contributed by atoms with Crippen molar-refractivity contribution < 1.29 is 10.0 Å². The number of hydroxylamine groups is 1. The van der Waals surface area contributed by atoms with Gasteiger partial charge in [-0.1, -0.05) is 60.6 Å². The first-order valence-electron chi connectivity index (χ1n) is 10.7. The minimum Gasteiger partial charge on any atom is -0.385 e. The molecule has 0 aromatic heterocycles.